The van der Waals surface area contributed by atoms with Gasteiger partial charge in [0.05, 0.1) is 22.9 Å². The van der Waals surface area contributed by atoms with E-state index in [1.807, 2.05) is 13.0 Å². The molecule has 3 heterocycles. The highest BCUT2D eigenvalue weighted by molar-refractivity contribution is 5.70. The van der Waals surface area contributed by atoms with Gasteiger partial charge >= 0.3 is 12.1 Å². The molecule has 0 radical (unpaired) electrons. The highest BCUT2D eigenvalue weighted by Gasteiger charge is 2.38. The molecule has 0 bridgehead atoms. The topological polar surface area (TPSA) is 108 Å². The summed E-state index contributed by atoms with van der Waals surface area (Å²) in [5, 5.41) is 23.0. The van der Waals surface area contributed by atoms with Gasteiger partial charge in [0.2, 0.25) is 0 Å². The predicted octanol–water partition coefficient (Wildman–Crippen LogP) is 5.07. The van der Waals surface area contributed by atoms with Crippen molar-refractivity contribution in [3.63, 3.8) is 0 Å². The number of aromatic nitrogens is 3. The zero-order valence-corrected chi connectivity index (χ0v) is 18.3. The maximum Gasteiger partial charge on any atom is 0.416 e. The summed E-state index contributed by atoms with van der Waals surface area (Å²) in [5.74, 6) is -0.947. The lowest BCUT2D eigenvalue weighted by Crippen LogP contribution is -2.34. The standard InChI is InChI=1S/C24H23F3N4O3/c1-14-10-18(30-21(11-14)31-20-12-17(6-9-28-20)24(25,26)27)16-2-3-19(29-13-16)23(34)7-4-15(5-8-23)22(32)33/h2-3,6,9-13,15,34H,4-5,7-8H2,1H3,(H,32,33)(H,28,30,31)/t15-,23-. The second-order valence-corrected chi connectivity index (χ2v) is 8.54. The fourth-order valence-corrected chi connectivity index (χ4v) is 4.10. The molecule has 0 atom stereocenters. The van der Waals surface area contributed by atoms with Crippen molar-refractivity contribution in [3.8, 4) is 11.3 Å². The highest BCUT2D eigenvalue weighted by atomic mass is 19.4. The molecule has 3 aromatic rings. The van der Waals surface area contributed by atoms with Crippen molar-refractivity contribution in [2.24, 2.45) is 5.92 Å². The first-order chi connectivity index (χ1) is 16.0. The molecule has 34 heavy (non-hydrogen) atoms. The maximum absolute atomic E-state index is 13.0. The van der Waals surface area contributed by atoms with E-state index in [0.29, 0.717) is 48.5 Å². The average Bonchev–Trinajstić information content (AvgIpc) is 2.79. The Hall–Kier alpha value is -3.53. The van der Waals surface area contributed by atoms with Crippen molar-refractivity contribution >= 4 is 17.6 Å². The molecule has 0 amide bonds. The van der Waals surface area contributed by atoms with Crippen LogP contribution >= 0.6 is 0 Å². The molecule has 0 unspecified atom stereocenters. The smallest absolute Gasteiger partial charge is 0.416 e. The van der Waals surface area contributed by atoms with E-state index in [1.54, 1.807) is 24.4 Å². The number of anilines is 2. The largest absolute Gasteiger partial charge is 0.481 e. The molecule has 7 nitrogen and oxygen atoms in total. The van der Waals surface area contributed by atoms with Crippen LogP contribution < -0.4 is 5.32 Å². The lowest BCUT2D eigenvalue weighted by molar-refractivity contribution is -0.145. The van der Waals surface area contributed by atoms with Crippen LogP contribution in [0.1, 0.15) is 42.5 Å². The van der Waals surface area contributed by atoms with Crippen LogP contribution in [0.15, 0.2) is 48.8 Å². The number of rotatable bonds is 5. The van der Waals surface area contributed by atoms with E-state index in [-0.39, 0.29) is 5.82 Å². The van der Waals surface area contributed by atoms with Crippen molar-refractivity contribution in [3.05, 3.63) is 65.6 Å². The molecule has 1 aliphatic rings. The van der Waals surface area contributed by atoms with Crippen LogP contribution in [0.25, 0.3) is 11.3 Å². The van der Waals surface area contributed by atoms with Crippen molar-refractivity contribution in [1.82, 2.24) is 15.0 Å². The van der Waals surface area contributed by atoms with Crippen molar-refractivity contribution in [2.75, 3.05) is 5.32 Å². The van der Waals surface area contributed by atoms with Crippen molar-refractivity contribution < 1.29 is 28.2 Å². The molecule has 3 aromatic heterocycles. The molecule has 10 heteroatoms. The number of alkyl halides is 3. The molecular weight excluding hydrogens is 449 g/mol. The first kappa shape index (κ1) is 23.6. The summed E-state index contributed by atoms with van der Waals surface area (Å²) < 4.78 is 38.9. The number of aliphatic carboxylic acids is 1. The van der Waals surface area contributed by atoms with Crippen LogP contribution in [-0.4, -0.2) is 31.1 Å². The van der Waals surface area contributed by atoms with E-state index in [4.69, 9.17) is 5.11 Å². The van der Waals surface area contributed by atoms with Gasteiger partial charge in [-0.25, -0.2) is 9.97 Å². The number of carbonyl (C=O) groups is 1. The Kier molecular flexibility index (Phi) is 6.26. The molecule has 0 aromatic carbocycles. The van der Waals surface area contributed by atoms with E-state index in [9.17, 15) is 23.1 Å². The second kappa shape index (κ2) is 9.02. The van der Waals surface area contributed by atoms with Crippen molar-refractivity contribution in [1.29, 1.82) is 0 Å². The summed E-state index contributed by atoms with van der Waals surface area (Å²) in [5.41, 5.74) is 0.527. The van der Waals surface area contributed by atoms with Gasteiger partial charge in [0.15, 0.2) is 0 Å². The molecular formula is C24H23F3N4O3. The first-order valence-electron chi connectivity index (χ1n) is 10.7. The monoisotopic (exact) mass is 472 g/mol. The van der Waals surface area contributed by atoms with Crippen LogP contribution in [-0.2, 0) is 16.6 Å². The minimum absolute atomic E-state index is 0.0199. The minimum Gasteiger partial charge on any atom is -0.481 e. The fraction of sp³-hybridized carbons (Fsp3) is 0.333. The Morgan fingerprint density at radius 3 is 2.44 bits per heavy atom. The van der Waals surface area contributed by atoms with Gasteiger partial charge in [0, 0.05) is 18.0 Å². The fourth-order valence-electron chi connectivity index (χ4n) is 4.10. The quantitative estimate of drug-likeness (QED) is 0.476. The number of halogens is 3. The van der Waals surface area contributed by atoms with E-state index < -0.39 is 29.2 Å². The number of aliphatic hydroxyl groups is 1. The van der Waals surface area contributed by atoms with Crippen LogP contribution in [0.4, 0.5) is 24.8 Å². The average molecular weight is 472 g/mol. The third-order valence-electron chi connectivity index (χ3n) is 6.01. The molecule has 3 N–H and O–H groups in total. The third kappa shape index (κ3) is 5.17. The normalized spacial score (nSPS) is 20.7. The lowest BCUT2D eigenvalue weighted by Gasteiger charge is -2.34. The van der Waals surface area contributed by atoms with E-state index in [2.05, 4.69) is 20.3 Å². The number of carboxylic acid groups (broad SMARTS) is 1. The number of nitrogens with one attached hydrogen (secondary N) is 1. The Morgan fingerprint density at radius 1 is 1.09 bits per heavy atom. The van der Waals surface area contributed by atoms with Gasteiger partial charge < -0.3 is 15.5 Å². The molecule has 1 aliphatic carbocycles. The number of hydrogen-bond donors (Lipinski definition) is 3. The van der Waals surface area contributed by atoms with Crippen LogP contribution in [0.3, 0.4) is 0 Å². The molecule has 4 rings (SSSR count). The predicted molar refractivity (Wildman–Crippen MR) is 118 cm³/mol. The van der Waals surface area contributed by atoms with Crippen LogP contribution in [0.2, 0.25) is 0 Å². The van der Waals surface area contributed by atoms with Crippen LogP contribution in [0.5, 0.6) is 0 Å². The van der Waals surface area contributed by atoms with E-state index >= 15 is 0 Å². The van der Waals surface area contributed by atoms with Gasteiger partial charge in [-0.2, -0.15) is 13.2 Å². The van der Waals surface area contributed by atoms with E-state index in [0.717, 1.165) is 23.9 Å². The Balaban J connectivity index is 1.54. The number of nitrogens with zero attached hydrogens (tertiary/aromatic N) is 3. The minimum atomic E-state index is -4.48. The summed E-state index contributed by atoms with van der Waals surface area (Å²) in [7, 11) is 0. The Labute approximate surface area is 193 Å². The van der Waals surface area contributed by atoms with Gasteiger partial charge in [0.25, 0.3) is 0 Å². The SMILES string of the molecule is Cc1cc(Nc2cc(C(F)(F)F)ccn2)nc(-c2ccc([C@]3(O)CC[C@H](C(=O)O)CC3)nc2)c1. The molecule has 0 saturated heterocycles. The van der Waals surface area contributed by atoms with Crippen molar-refractivity contribution in [2.45, 2.75) is 44.4 Å². The zero-order valence-electron chi connectivity index (χ0n) is 18.3. The van der Waals surface area contributed by atoms with Crippen LogP contribution in [0, 0.1) is 12.8 Å². The number of hydrogen-bond acceptors (Lipinski definition) is 6. The summed E-state index contributed by atoms with van der Waals surface area (Å²) in [6.45, 7) is 1.83. The van der Waals surface area contributed by atoms with Gasteiger partial charge in [-0.05, 0) is 74.6 Å². The first-order valence-corrected chi connectivity index (χ1v) is 10.7. The summed E-state index contributed by atoms with van der Waals surface area (Å²) in [6.07, 6.45) is -0.423. The van der Waals surface area contributed by atoms with Gasteiger partial charge in [-0.15, -0.1) is 0 Å². The summed E-state index contributed by atoms with van der Waals surface area (Å²) >= 11 is 0. The van der Waals surface area contributed by atoms with Gasteiger partial charge in [-0.3, -0.25) is 9.78 Å². The summed E-state index contributed by atoms with van der Waals surface area (Å²) in [6, 6.07) is 8.78. The van der Waals surface area contributed by atoms with E-state index in [1.165, 1.54) is 0 Å². The number of carboxylic acids is 1. The summed E-state index contributed by atoms with van der Waals surface area (Å²) in [4.78, 5) is 24.0. The molecule has 1 saturated carbocycles. The van der Waals surface area contributed by atoms with Gasteiger partial charge in [-0.1, -0.05) is 0 Å². The molecule has 0 aliphatic heterocycles. The second-order valence-electron chi connectivity index (χ2n) is 8.54. The maximum atomic E-state index is 13.0. The molecule has 1 fully saturated rings. The lowest BCUT2D eigenvalue weighted by atomic mass is 9.77. The Bertz CT molecular complexity index is 1190. The van der Waals surface area contributed by atoms with Gasteiger partial charge in [0.1, 0.15) is 17.2 Å². The zero-order chi connectivity index (χ0) is 24.5. The molecule has 0 spiro atoms. The molecule has 178 valence electrons. The highest BCUT2D eigenvalue weighted by Crippen LogP contribution is 2.39. The number of pyridine rings is 3. The third-order valence-corrected chi connectivity index (χ3v) is 6.01. The Morgan fingerprint density at radius 2 is 1.82 bits per heavy atom. The number of aryl methyl sites for hydroxylation is 1.